The van der Waals surface area contributed by atoms with E-state index >= 15 is 0 Å². The van der Waals surface area contributed by atoms with Crippen molar-refractivity contribution < 1.29 is 0 Å². The minimum atomic E-state index is 0.598. The summed E-state index contributed by atoms with van der Waals surface area (Å²) in [6.45, 7) is 1.82. The molecule has 3 rings (SSSR count). The smallest absolute Gasteiger partial charge is 0.137 e. The maximum atomic E-state index is 5.60. The number of thiocarbonyl (C=S) groups is 1. The first kappa shape index (κ1) is 12.6. The summed E-state index contributed by atoms with van der Waals surface area (Å²) in [7, 11) is 0. The third-order valence-corrected chi connectivity index (χ3v) is 3.69. The van der Waals surface area contributed by atoms with Crippen molar-refractivity contribution in [3.63, 3.8) is 0 Å². The first-order chi connectivity index (χ1) is 9.22. The molecule has 1 aliphatic carbocycles. The Kier molecular flexibility index (Phi) is 3.48. The monoisotopic (exact) mass is 274 g/mol. The molecule has 1 fully saturated rings. The SMILES string of the molecule is NC(=S)CCN(Cc1cn2ccccc2n1)C1CC1. The molecule has 5 heteroatoms. The Morgan fingerprint density at radius 3 is 3.00 bits per heavy atom. The predicted molar refractivity (Wildman–Crippen MR) is 80.0 cm³/mol. The number of imidazole rings is 1. The second-order valence-corrected chi connectivity index (χ2v) is 5.64. The van der Waals surface area contributed by atoms with Gasteiger partial charge in [0.1, 0.15) is 5.65 Å². The molecule has 2 N–H and O–H groups in total. The van der Waals surface area contributed by atoms with Crippen LogP contribution >= 0.6 is 12.2 Å². The summed E-state index contributed by atoms with van der Waals surface area (Å²) in [5, 5.41) is 0. The Morgan fingerprint density at radius 2 is 2.32 bits per heavy atom. The number of rotatable bonds is 6. The lowest BCUT2D eigenvalue weighted by atomic mass is 10.3. The molecule has 1 aliphatic rings. The molecule has 0 saturated heterocycles. The fourth-order valence-corrected chi connectivity index (χ4v) is 2.45. The van der Waals surface area contributed by atoms with Gasteiger partial charge in [0.15, 0.2) is 0 Å². The van der Waals surface area contributed by atoms with E-state index in [1.165, 1.54) is 12.8 Å². The number of nitrogens with two attached hydrogens (primary N) is 1. The number of nitrogens with zero attached hydrogens (tertiary/aromatic N) is 3. The zero-order chi connectivity index (χ0) is 13.2. The lowest BCUT2D eigenvalue weighted by molar-refractivity contribution is 0.260. The van der Waals surface area contributed by atoms with Crippen LogP contribution in [0.1, 0.15) is 25.0 Å². The molecular formula is C14H18N4S. The highest BCUT2D eigenvalue weighted by Crippen LogP contribution is 2.28. The quantitative estimate of drug-likeness (QED) is 0.818. The molecular weight excluding hydrogens is 256 g/mol. The molecule has 100 valence electrons. The molecule has 0 unspecified atom stereocenters. The minimum absolute atomic E-state index is 0.598. The van der Waals surface area contributed by atoms with Crippen LogP contribution in [0.2, 0.25) is 0 Å². The fraction of sp³-hybridized carbons (Fsp3) is 0.429. The largest absolute Gasteiger partial charge is 0.393 e. The van der Waals surface area contributed by atoms with Gasteiger partial charge < -0.3 is 10.1 Å². The summed E-state index contributed by atoms with van der Waals surface area (Å²) < 4.78 is 2.06. The van der Waals surface area contributed by atoms with Crippen LogP contribution in [0, 0.1) is 0 Å². The molecule has 2 aromatic heterocycles. The molecule has 0 aromatic carbocycles. The molecule has 2 aromatic rings. The van der Waals surface area contributed by atoms with Crippen molar-refractivity contribution in [2.75, 3.05) is 6.54 Å². The van der Waals surface area contributed by atoms with Gasteiger partial charge >= 0.3 is 0 Å². The van der Waals surface area contributed by atoms with E-state index in [2.05, 4.69) is 20.5 Å². The molecule has 0 amide bonds. The molecule has 0 atom stereocenters. The van der Waals surface area contributed by atoms with Crippen LogP contribution in [0.4, 0.5) is 0 Å². The first-order valence-corrected chi connectivity index (χ1v) is 7.08. The second-order valence-electron chi connectivity index (χ2n) is 5.12. The summed E-state index contributed by atoms with van der Waals surface area (Å²) >= 11 is 4.97. The third kappa shape index (κ3) is 3.11. The third-order valence-electron chi connectivity index (χ3n) is 3.49. The van der Waals surface area contributed by atoms with Crippen molar-refractivity contribution >= 4 is 22.9 Å². The van der Waals surface area contributed by atoms with Crippen molar-refractivity contribution in [3.05, 3.63) is 36.3 Å². The lowest BCUT2D eigenvalue weighted by Crippen LogP contribution is -2.29. The summed E-state index contributed by atoms with van der Waals surface area (Å²) in [5.74, 6) is 0. The van der Waals surface area contributed by atoms with Crippen molar-refractivity contribution in [2.24, 2.45) is 5.73 Å². The summed E-state index contributed by atoms with van der Waals surface area (Å²) in [6.07, 6.45) is 7.49. The van der Waals surface area contributed by atoms with E-state index in [-0.39, 0.29) is 0 Å². The molecule has 0 aliphatic heterocycles. The Labute approximate surface area is 118 Å². The highest BCUT2D eigenvalue weighted by molar-refractivity contribution is 7.80. The fourth-order valence-electron chi connectivity index (χ4n) is 2.36. The number of pyridine rings is 1. The zero-order valence-corrected chi connectivity index (χ0v) is 11.6. The van der Waals surface area contributed by atoms with E-state index in [0.717, 1.165) is 30.9 Å². The lowest BCUT2D eigenvalue weighted by Gasteiger charge is -2.20. The zero-order valence-electron chi connectivity index (χ0n) is 10.8. The van der Waals surface area contributed by atoms with Gasteiger partial charge in [-0.1, -0.05) is 18.3 Å². The van der Waals surface area contributed by atoms with Gasteiger partial charge in [0.2, 0.25) is 0 Å². The molecule has 1 saturated carbocycles. The van der Waals surface area contributed by atoms with Gasteiger partial charge in [-0.2, -0.15) is 0 Å². The maximum Gasteiger partial charge on any atom is 0.137 e. The molecule has 0 radical (unpaired) electrons. The van der Waals surface area contributed by atoms with Gasteiger partial charge in [-0.25, -0.2) is 4.98 Å². The number of fused-ring (bicyclic) bond motifs is 1. The maximum absolute atomic E-state index is 5.60. The van der Waals surface area contributed by atoms with Crippen LogP contribution < -0.4 is 5.73 Å². The molecule has 0 bridgehead atoms. The van der Waals surface area contributed by atoms with Crippen molar-refractivity contribution in [1.82, 2.24) is 14.3 Å². The number of hydrogen-bond donors (Lipinski definition) is 1. The summed E-state index contributed by atoms with van der Waals surface area (Å²) in [5.41, 5.74) is 7.72. The van der Waals surface area contributed by atoms with Crippen LogP contribution in [-0.4, -0.2) is 31.9 Å². The van der Waals surface area contributed by atoms with Crippen molar-refractivity contribution in [2.45, 2.75) is 31.8 Å². The van der Waals surface area contributed by atoms with Crippen molar-refractivity contribution in [3.8, 4) is 0 Å². The van der Waals surface area contributed by atoms with E-state index in [0.29, 0.717) is 11.0 Å². The normalized spacial score (nSPS) is 15.2. The summed E-state index contributed by atoms with van der Waals surface area (Å²) in [6, 6.07) is 6.75. The van der Waals surface area contributed by atoms with E-state index < -0.39 is 0 Å². The van der Waals surface area contributed by atoms with Crippen LogP contribution in [0.5, 0.6) is 0 Å². The van der Waals surface area contributed by atoms with Crippen LogP contribution in [0.3, 0.4) is 0 Å². The van der Waals surface area contributed by atoms with E-state index in [4.69, 9.17) is 18.0 Å². The topological polar surface area (TPSA) is 46.6 Å². The number of hydrogen-bond acceptors (Lipinski definition) is 3. The van der Waals surface area contributed by atoms with Gasteiger partial charge in [-0.3, -0.25) is 4.90 Å². The Morgan fingerprint density at radius 1 is 1.47 bits per heavy atom. The average Bonchev–Trinajstić information content (AvgIpc) is 3.14. The molecule has 2 heterocycles. The van der Waals surface area contributed by atoms with Crippen LogP contribution in [0.15, 0.2) is 30.6 Å². The number of aromatic nitrogens is 2. The highest BCUT2D eigenvalue weighted by Gasteiger charge is 2.29. The van der Waals surface area contributed by atoms with Gasteiger partial charge in [-0.15, -0.1) is 0 Å². The van der Waals surface area contributed by atoms with Gasteiger partial charge in [-0.05, 0) is 25.0 Å². The van der Waals surface area contributed by atoms with E-state index in [1.54, 1.807) is 0 Å². The minimum Gasteiger partial charge on any atom is -0.393 e. The van der Waals surface area contributed by atoms with Crippen molar-refractivity contribution in [1.29, 1.82) is 0 Å². The van der Waals surface area contributed by atoms with E-state index in [9.17, 15) is 0 Å². The van der Waals surface area contributed by atoms with Crippen LogP contribution in [0.25, 0.3) is 5.65 Å². The standard InChI is InChI=1S/C14H18N4S/c15-13(19)6-8-17(12-4-5-12)9-11-10-18-7-2-1-3-14(18)16-11/h1-3,7,10,12H,4-6,8-9H2,(H2,15,19). The first-order valence-electron chi connectivity index (χ1n) is 6.67. The van der Waals surface area contributed by atoms with E-state index in [1.807, 2.05) is 24.4 Å². The highest BCUT2D eigenvalue weighted by atomic mass is 32.1. The Balaban J connectivity index is 1.71. The average molecular weight is 274 g/mol. The van der Waals surface area contributed by atoms with Gasteiger partial charge in [0.25, 0.3) is 0 Å². The van der Waals surface area contributed by atoms with Gasteiger partial charge in [0, 0.05) is 37.9 Å². The van der Waals surface area contributed by atoms with Gasteiger partial charge in [0.05, 0.1) is 10.7 Å². The Bertz CT molecular complexity index is 555. The molecule has 19 heavy (non-hydrogen) atoms. The predicted octanol–water partition coefficient (Wildman–Crippen LogP) is 1.97. The summed E-state index contributed by atoms with van der Waals surface area (Å²) in [4.78, 5) is 7.69. The molecule has 0 spiro atoms. The molecule has 4 nitrogen and oxygen atoms in total. The Hall–Kier alpha value is -1.46. The van der Waals surface area contributed by atoms with Crippen LogP contribution in [-0.2, 0) is 6.54 Å². The second kappa shape index (κ2) is 5.27.